The van der Waals surface area contributed by atoms with Crippen molar-refractivity contribution >= 4 is 21.6 Å². The van der Waals surface area contributed by atoms with Crippen molar-refractivity contribution in [1.29, 1.82) is 0 Å². The highest BCUT2D eigenvalue weighted by atomic mass is 79.9. The summed E-state index contributed by atoms with van der Waals surface area (Å²) in [6.07, 6.45) is 0. The van der Waals surface area contributed by atoms with Crippen molar-refractivity contribution in [1.82, 2.24) is 0 Å². The van der Waals surface area contributed by atoms with Crippen molar-refractivity contribution in [3.05, 3.63) is 35.3 Å². The van der Waals surface area contributed by atoms with Crippen LogP contribution in [0, 0.1) is 0 Å². The molecule has 1 rings (SSSR count). The second-order valence-electron chi connectivity index (χ2n) is 2.97. The van der Waals surface area contributed by atoms with Gasteiger partial charge in [0, 0.05) is 22.8 Å². The third-order valence-corrected chi connectivity index (χ3v) is 1.96. The van der Waals surface area contributed by atoms with Gasteiger partial charge in [-0.05, 0) is 12.1 Å². The number of halogens is 1. The number of hydrogen-bond donors (Lipinski definition) is 2. The average molecular weight is 272 g/mol. The molecule has 0 amide bonds. The predicted molar refractivity (Wildman–Crippen MR) is 65.6 cm³/mol. The molecule has 4 heteroatoms. The smallest absolute Gasteiger partial charge is 0.121 e. The molecule has 3 nitrogen and oxygen atoms in total. The highest BCUT2D eigenvalue weighted by Gasteiger charge is 1.96. The van der Waals surface area contributed by atoms with Crippen molar-refractivity contribution in [3.8, 4) is 5.75 Å². The summed E-state index contributed by atoms with van der Waals surface area (Å²) in [5.74, 6) is 0.745. The van der Waals surface area contributed by atoms with Crippen molar-refractivity contribution < 1.29 is 9.84 Å². The number of ether oxygens (including phenoxy) is 1. The fourth-order valence-electron chi connectivity index (χ4n) is 1.06. The molecule has 0 radical (unpaired) electrons. The fourth-order valence-corrected chi connectivity index (χ4v) is 1.20. The third-order valence-electron chi connectivity index (χ3n) is 1.68. The Hall–Kier alpha value is -1.00. The third kappa shape index (κ3) is 4.85. The average Bonchev–Trinajstić information content (AvgIpc) is 2.24. The number of aliphatic hydroxyl groups is 1. The fraction of sp³-hybridized carbons (Fsp3) is 0.273. The molecule has 1 aromatic rings. The zero-order valence-corrected chi connectivity index (χ0v) is 9.96. The van der Waals surface area contributed by atoms with Crippen molar-refractivity contribution in [2.24, 2.45) is 0 Å². The first-order chi connectivity index (χ1) is 7.22. The molecule has 0 fully saturated rings. The molecule has 0 unspecified atom stereocenters. The molecule has 0 aliphatic heterocycles. The van der Waals surface area contributed by atoms with E-state index in [4.69, 9.17) is 9.84 Å². The number of hydrogen-bond acceptors (Lipinski definition) is 3. The minimum absolute atomic E-state index is 0.0237. The second kappa shape index (κ2) is 6.48. The van der Waals surface area contributed by atoms with Crippen LogP contribution in [0.25, 0.3) is 0 Å². The number of nitrogens with one attached hydrogen (secondary N) is 1. The maximum atomic E-state index is 8.61. The second-order valence-corrected chi connectivity index (χ2v) is 4.09. The lowest BCUT2D eigenvalue weighted by molar-refractivity contribution is 0.201. The summed E-state index contributed by atoms with van der Waals surface area (Å²) in [7, 11) is 0. The van der Waals surface area contributed by atoms with Crippen LogP contribution < -0.4 is 10.1 Å². The first-order valence-corrected chi connectivity index (χ1v) is 5.42. The van der Waals surface area contributed by atoms with E-state index >= 15 is 0 Å². The Morgan fingerprint density at radius 3 is 3.00 bits per heavy atom. The van der Waals surface area contributed by atoms with Crippen LogP contribution in [-0.4, -0.2) is 24.9 Å². The Morgan fingerprint density at radius 2 is 2.33 bits per heavy atom. The van der Waals surface area contributed by atoms with Crippen LogP contribution in [0.3, 0.4) is 0 Å². The molecular formula is C11H14BrNO2. The van der Waals surface area contributed by atoms with Gasteiger partial charge < -0.3 is 15.2 Å². The van der Waals surface area contributed by atoms with Gasteiger partial charge in [-0.15, -0.1) is 0 Å². The van der Waals surface area contributed by atoms with E-state index in [1.165, 1.54) is 0 Å². The number of anilines is 1. The Kier molecular flexibility index (Phi) is 5.21. The van der Waals surface area contributed by atoms with Crippen LogP contribution in [0.5, 0.6) is 5.75 Å². The summed E-state index contributed by atoms with van der Waals surface area (Å²) in [4.78, 5) is 0. The van der Waals surface area contributed by atoms with Gasteiger partial charge in [0.05, 0.1) is 6.61 Å². The highest BCUT2D eigenvalue weighted by Crippen LogP contribution is 2.17. The molecule has 0 spiro atoms. The number of rotatable bonds is 6. The van der Waals surface area contributed by atoms with E-state index in [2.05, 4.69) is 27.8 Å². The Labute approximate surface area is 97.9 Å². The van der Waals surface area contributed by atoms with E-state index in [9.17, 15) is 0 Å². The van der Waals surface area contributed by atoms with Crippen LogP contribution >= 0.6 is 15.9 Å². The Bertz CT molecular complexity index is 328. The normalized spacial score (nSPS) is 9.73. The maximum absolute atomic E-state index is 8.61. The Balaban J connectivity index is 2.53. The van der Waals surface area contributed by atoms with Gasteiger partial charge in [0.1, 0.15) is 12.4 Å². The molecule has 0 saturated carbocycles. The van der Waals surface area contributed by atoms with E-state index in [-0.39, 0.29) is 6.61 Å². The monoisotopic (exact) mass is 271 g/mol. The standard InChI is InChI=1S/C11H14BrNO2/c1-9(12)8-13-10-3-2-4-11(7-10)15-6-5-14/h2-4,7,13-14H,1,5-6,8H2. The molecule has 0 aromatic heterocycles. The zero-order chi connectivity index (χ0) is 11.1. The molecule has 0 aliphatic carbocycles. The van der Waals surface area contributed by atoms with Crippen LogP contribution in [0.15, 0.2) is 35.3 Å². The molecule has 0 heterocycles. The predicted octanol–water partition coefficient (Wildman–Crippen LogP) is 2.38. The summed E-state index contributed by atoms with van der Waals surface area (Å²) in [5, 5.41) is 11.8. The maximum Gasteiger partial charge on any atom is 0.121 e. The van der Waals surface area contributed by atoms with E-state index in [0.717, 1.165) is 15.9 Å². The van der Waals surface area contributed by atoms with Crippen molar-refractivity contribution in [2.45, 2.75) is 0 Å². The van der Waals surface area contributed by atoms with Crippen LogP contribution in [0.2, 0.25) is 0 Å². The first-order valence-electron chi connectivity index (χ1n) is 4.63. The van der Waals surface area contributed by atoms with Gasteiger partial charge in [-0.3, -0.25) is 0 Å². The lowest BCUT2D eigenvalue weighted by Crippen LogP contribution is -2.03. The van der Waals surface area contributed by atoms with Crippen LogP contribution in [0.1, 0.15) is 0 Å². The minimum Gasteiger partial charge on any atom is -0.491 e. The lowest BCUT2D eigenvalue weighted by Gasteiger charge is -2.08. The molecule has 82 valence electrons. The van der Waals surface area contributed by atoms with Gasteiger partial charge in [0.2, 0.25) is 0 Å². The van der Waals surface area contributed by atoms with Crippen LogP contribution in [0.4, 0.5) is 5.69 Å². The summed E-state index contributed by atoms with van der Waals surface area (Å²) >= 11 is 3.27. The van der Waals surface area contributed by atoms with Gasteiger partial charge in [0.25, 0.3) is 0 Å². The topological polar surface area (TPSA) is 41.5 Å². The molecule has 0 atom stereocenters. The molecular weight excluding hydrogens is 258 g/mol. The van der Waals surface area contributed by atoms with Gasteiger partial charge in [0.15, 0.2) is 0 Å². The molecule has 1 aromatic carbocycles. The largest absolute Gasteiger partial charge is 0.491 e. The quantitative estimate of drug-likeness (QED) is 0.835. The minimum atomic E-state index is 0.0237. The summed E-state index contributed by atoms with van der Waals surface area (Å²) in [6.45, 7) is 4.74. The lowest BCUT2D eigenvalue weighted by atomic mass is 10.3. The van der Waals surface area contributed by atoms with E-state index in [1.54, 1.807) is 0 Å². The molecule has 0 bridgehead atoms. The molecule has 2 N–H and O–H groups in total. The number of benzene rings is 1. The highest BCUT2D eigenvalue weighted by molar-refractivity contribution is 9.11. The van der Waals surface area contributed by atoms with Crippen molar-refractivity contribution in [2.75, 3.05) is 25.1 Å². The zero-order valence-electron chi connectivity index (χ0n) is 8.37. The summed E-state index contributed by atoms with van der Waals surface area (Å²) in [6, 6.07) is 7.57. The number of aliphatic hydroxyl groups excluding tert-OH is 1. The van der Waals surface area contributed by atoms with Gasteiger partial charge in [-0.25, -0.2) is 0 Å². The molecule has 15 heavy (non-hydrogen) atoms. The summed E-state index contributed by atoms with van der Waals surface area (Å²) < 4.78 is 6.17. The first kappa shape index (κ1) is 12.1. The van der Waals surface area contributed by atoms with E-state index in [0.29, 0.717) is 13.2 Å². The molecule has 0 aliphatic rings. The van der Waals surface area contributed by atoms with Gasteiger partial charge in [-0.2, -0.15) is 0 Å². The van der Waals surface area contributed by atoms with E-state index in [1.807, 2.05) is 24.3 Å². The van der Waals surface area contributed by atoms with Crippen molar-refractivity contribution in [3.63, 3.8) is 0 Å². The van der Waals surface area contributed by atoms with Gasteiger partial charge in [-0.1, -0.05) is 28.6 Å². The van der Waals surface area contributed by atoms with Crippen LogP contribution in [-0.2, 0) is 0 Å². The SMILES string of the molecule is C=C(Br)CNc1cccc(OCCO)c1. The Morgan fingerprint density at radius 1 is 1.53 bits per heavy atom. The van der Waals surface area contributed by atoms with E-state index < -0.39 is 0 Å². The summed E-state index contributed by atoms with van der Waals surface area (Å²) in [5.41, 5.74) is 0.964. The van der Waals surface area contributed by atoms with Gasteiger partial charge >= 0.3 is 0 Å². The molecule has 0 saturated heterocycles.